The molecule has 0 saturated carbocycles. The fourth-order valence-electron chi connectivity index (χ4n) is 4.98. The summed E-state index contributed by atoms with van der Waals surface area (Å²) in [5.74, 6) is 2.14. The number of nitrogens with one attached hydrogen (secondary N) is 1. The molecule has 1 amide bonds. The highest BCUT2D eigenvalue weighted by atomic mass is 16.6. The maximum atomic E-state index is 11.9. The monoisotopic (exact) mass is 534 g/mol. The molecule has 2 aliphatic rings. The van der Waals surface area contributed by atoms with Crippen molar-refractivity contribution in [3.05, 3.63) is 70.8 Å². The molecule has 2 aromatic carbocycles. The van der Waals surface area contributed by atoms with Crippen LogP contribution in [-0.4, -0.2) is 54.3 Å². The van der Waals surface area contributed by atoms with Crippen molar-refractivity contribution < 1.29 is 19.1 Å². The fraction of sp³-hybridized carbons (Fsp3) is 0.545. The van der Waals surface area contributed by atoms with Crippen LogP contribution in [0.1, 0.15) is 107 Å². The number of Topliss-reactive ketones (excluding diaryl/α,β-unsaturated/α-hetero) is 2. The number of hydrogen-bond acceptors (Lipinski definition) is 5. The van der Waals surface area contributed by atoms with E-state index < -0.39 is 5.60 Å². The smallest absolute Gasteiger partial charge is 0.410 e. The lowest BCUT2D eigenvalue weighted by Crippen LogP contribution is -2.50. The Hall–Kier alpha value is -2.99. The van der Waals surface area contributed by atoms with Gasteiger partial charge in [-0.2, -0.15) is 0 Å². The fourth-order valence-corrected chi connectivity index (χ4v) is 4.98. The van der Waals surface area contributed by atoms with Gasteiger partial charge in [-0.1, -0.05) is 62.4 Å². The summed E-state index contributed by atoms with van der Waals surface area (Å²) in [6.07, 6.45) is 0.986. The van der Waals surface area contributed by atoms with Crippen LogP contribution in [0.5, 0.6) is 0 Å². The molecule has 2 heterocycles. The molecule has 6 nitrogen and oxygen atoms in total. The van der Waals surface area contributed by atoms with E-state index in [1.54, 1.807) is 18.7 Å². The summed E-state index contributed by atoms with van der Waals surface area (Å²) in [6, 6.07) is 17.2. The lowest BCUT2D eigenvalue weighted by molar-refractivity contribution is -0.118. The second-order valence-corrected chi connectivity index (χ2v) is 12.4. The van der Waals surface area contributed by atoms with Crippen LogP contribution in [0.2, 0.25) is 0 Å². The average Bonchev–Trinajstić information content (AvgIpc) is 2.76. The summed E-state index contributed by atoms with van der Waals surface area (Å²) >= 11 is 0. The van der Waals surface area contributed by atoms with Gasteiger partial charge in [0.15, 0.2) is 0 Å². The Morgan fingerprint density at radius 1 is 0.795 bits per heavy atom. The van der Waals surface area contributed by atoms with Crippen molar-refractivity contribution in [2.75, 3.05) is 26.2 Å². The summed E-state index contributed by atoms with van der Waals surface area (Å²) in [7, 11) is 0. The lowest BCUT2D eigenvalue weighted by Gasteiger charge is -2.40. The SMILES string of the molecule is CC(=O)CC(C)c1ccc(C2CN(C(=O)OC(C)(C)C)C2)cc1.CC(=O)CC(C)c1ccc(C2CNC2)cc1. The molecule has 0 aliphatic carbocycles. The third-order valence-corrected chi connectivity index (χ3v) is 7.46. The van der Waals surface area contributed by atoms with Crippen molar-refractivity contribution in [1.82, 2.24) is 10.2 Å². The predicted octanol–water partition coefficient (Wildman–Crippen LogP) is 6.56. The number of nitrogens with zero attached hydrogens (tertiary/aromatic N) is 1. The van der Waals surface area contributed by atoms with Crippen LogP contribution in [0.25, 0.3) is 0 Å². The van der Waals surface area contributed by atoms with Crippen molar-refractivity contribution in [1.29, 1.82) is 0 Å². The molecule has 2 unspecified atom stereocenters. The van der Waals surface area contributed by atoms with Gasteiger partial charge in [0.1, 0.15) is 17.2 Å². The van der Waals surface area contributed by atoms with E-state index >= 15 is 0 Å². The maximum absolute atomic E-state index is 11.9. The summed E-state index contributed by atoms with van der Waals surface area (Å²) in [6.45, 7) is 16.7. The van der Waals surface area contributed by atoms with Gasteiger partial charge in [0.25, 0.3) is 0 Å². The zero-order valence-corrected chi connectivity index (χ0v) is 24.8. The first-order valence-corrected chi connectivity index (χ1v) is 14.2. The van der Waals surface area contributed by atoms with Crippen LogP contribution in [0.15, 0.2) is 48.5 Å². The molecule has 0 bridgehead atoms. The van der Waals surface area contributed by atoms with Gasteiger partial charge in [-0.3, -0.25) is 0 Å². The van der Waals surface area contributed by atoms with Gasteiger partial charge in [-0.05, 0) is 68.7 Å². The zero-order valence-electron chi connectivity index (χ0n) is 24.8. The van der Waals surface area contributed by atoms with Crippen molar-refractivity contribution in [2.24, 2.45) is 0 Å². The quantitative estimate of drug-likeness (QED) is 0.415. The highest BCUT2D eigenvalue weighted by Crippen LogP contribution is 2.30. The molecule has 2 atom stereocenters. The van der Waals surface area contributed by atoms with E-state index in [1.807, 2.05) is 20.8 Å². The van der Waals surface area contributed by atoms with E-state index in [4.69, 9.17) is 4.74 Å². The minimum Gasteiger partial charge on any atom is -0.444 e. The number of benzene rings is 2. The van der Waals surface area contributed by atoms with E-state index in [0.717, 1.165) is 13.1 Å². The Kier molecular flexibility index (Phi) is 10.5. The number of ether oxygens (including phenoxy) is 1. The second kappa shape index (κ2) is 13.4. The van der Waals surface area contributed by atoms with E-state index in [0.29, 0.717) is 43.7 Å². The minimum absolute atomic E-state index is 0.216. The number of carbonyl (C=O) groups excluding carboxylic acids is 3. The van der Waals surface area contributed by atoms with Crippen LogP contribution >= 0.6 is 0 Å². The highest BCUT2D eigenvalue weighted by molar-refractivity contribution is 5.76. The molecule has 2 fully saturated rings. The maximum Gasteiger partial charge on any atom is 0.410 e. The van der Waals surface area contributed by atoms with Crippen molar-refractivity contribution in [3.63, 3.8) is 0 Å². The molecule has 2 aromatic rings. The Balaban J connectivity index is 0.000000230. The molecular weight excluding hydrogens is 488 g/mol. The molecule has 6 heteroatoms. The summed E-state index contributed by atoms with van der Waals surface area (Å²) in [4.78, 5) is 35.9. The number of hydrogen-bond donors (Lipinski definition) is 1. The third kappa shape index (κ3) is 9.31. The Labute approximate surface area is 234 Å². The number of rotatable bonds is 8. The van der Waals surface area contributed by atoms with E-state index in [9.17, 15) is 14.4 Å². The van der Waals surface area contributed by atoms with Crippen LogP contribution in [0.4, 0.5) is 4.79 Å². The van der Waals surface area contributed by atoms with Gasteiger partial charge in [-0.25, -0.2) is 4.79 Å². The van der Waals surface area contributed by atoms with Gasteiger partial charge >= 0.3 is 6.09 Å². The molecule has 212 valence electrons. The number of amides is 1. The van der Waals surface area contributed by atoms with Crippen LogP contribution < -0.4 is 5.32 Å². The largest absolute Gasteiger partial charge is 0.444 e. The standard InChI is InChI=1S/C19H27NO3.C14H19NO/c1-13(10-14(2)21)15-6-8-16(9-7-15)17-11-20(12-17)18(22)23-19(3,4)5;1-10(7-11(2)16)12-3-5-13(6-4-12)14-8-15-9-14/h6-9,13,17H,10-12H2,1-5H3;3-6,10,14-15H,7-9H2,1-2H3. The second-order valence-electron chi connectivity index (χ2n) is 12.4. The van der Waals surface area contributed by atoms with Crippen molar-refractivity contribution in [2.45, 2.75) is 90.6 Å². The Bertz CT molecular complexity index is 1110. The molecule has 39 heavy (non-hydrogen) atoms. The highest BCUT2D eigenvalue weighted by Gasteiger charge is 2.34. The minimum atomic E-state index is -0.448. The molecule has 0 spiro atoms. The van der Waals surface area contributed by atoms with Gasteiger partial charge in [0, 0.05) is 50.9 Å². The van der Waals surface area contributed by atoms with Gasteiger partial charge in [0.05, 0.1) is 0 Å². The number of carbonyl (C=O) groups is 3. The van der Waals surface area contributed by atoms with Gasteiger partial charge in [-0.15, -0.1) is 0 Å². The van der Waals surface area contributed by atoms with Crippen LogP contribution in [0, 0.1) is 0 Å². The number of likely N-dealkylation sites (tertiary alicyclic amines) is 1. The average molecular weight is 535 g/mol. The first kappa shape index (κ1) is 30.6. The summed E-state index contributed by atoms with van der Waals surface area (Å²) in [5, 5.41) is 3.28. The first-order chi connectivity index (χ1) is 18.3. The molecule has 2 saturated heterocycles. The molecule has 2 aliphatic heterocycles. The topological polar surface area (TPSA) is 75.7 Å². The van der Waals surface area contributed by atoms with Crippen molar-refractivity contribution in [3.8, 4) is 0 Å². The first-order valence-electron chi connectivity index (χ1n) is 14.2. The van der Waals surface area contributed by atoms with Crippen LogP contribution in [0.3, 0.4) is 0 Å². The predicted molar refractivity (Wildman–Crippen MR) is 156 cm³/mol. The Morgan fingerprint density at radius 2 is 1.21 bits per heavy atom. The third-order valence-electron chi connectivity index (χ3n) is 7.46. The van der Waals surface area contributed by atoms with Crippen LogP contribution in [-0.2, 0) is 14.3 Å². The molecule has 4 rings (SSSR count). The van der Waals surface area contributed by atoms with E-state index in [1.165, 1.54) is 22.3 Å². The normalized spacial score (nSPS) is 17.2. The zero-order chi connectivity index (χ0) is 28.7. The molecule has 1 N–H and O–H groups in total. The Morgan fingerprint density at radius 3 is 1.54 bits per heavy atom. The van der Waals surface area contributed by atoms with E-state index in [2.05, 4.69) is 67.7 Å². The van der Waals surface area contributed by atoms with Crippen molar-refractivity contribution >= 4 is 17.7 Å². The van der Waals surface area contributed by atoms with Gasteiger partial charge in [0.2, 0.25) is 0 Å². The lowest BCUT2D eigenvalue weighted by atomic mass is 9.89. The molecule has 0 radical (unpaired) electrons. The summed E-state index contributed by atoms with van der Waals surface area (Å²) in [5.41, 5.74) is 4.66. The van der Waals surface area contributed by atoms with Gasteiger partial charge < -0.3 is 24.5 Å². The number of ketones is 2. The molecular formula is C33H46N2O4. The summed E-state index contributed by atoms with van der Waals surface area (Å²) < 4.78 is 5.37. The van der Waals surface area contributed by atoms with E-state index in [-0.39, 0.29) is 23.6 Å². The molecule has 0 aromatic heterocycles.